The highest BCUT2D eigenvalue weighted by Gasteiger charge is 2.34. The molecule has 2 aliphatic rings. The van der Waals surface area contributed by atoms with Crippen molar-refractivity contribution in [2.45, 2.75) is 6.92 Å². The molecule has 116 valence electrons. The molecule has 2 N–H and O–H groups in total. The van der Waals surface area contributed by atoms with Gasteiger partial charge >= 0.3 is 0 Å². The summed E-state index contributed by atoms with van der Waals surface area (Å²) in [4.78, 5) is 28.4. The fraction of sp³-hybridized carbons (Fsp3) is 0.118. The number of allylic oxidation sites excluding steroid dienone is 4. The van der Waals surface area contributed by atoms with Crippen LogP contribution in [0.4, 0.5) is 5.69 Å². The number of fused-ring (bicyclic) bond motifs is 1. The van der Waals surface area contributed by atoms with Crippen LogP contribution < -0.4 is 5.32 Å². The number of amides is 2. The van der Waals surface area contributed by atoms with Gasteiger partial charge in [-0.1, -0.05) is 35.9 Å². The van der Waals surface area contributed by atoms with E-state index in [-0.39, 0.29) is 11.3 Å². The number of aliphatic imine (C=N–C) groups is 1. The summed E-state index contributed by atoms with van der Waals surface area (Å²) < 4.78 is 0. The summed E-state index contributed by atoms with van der Waals surface area (Å²) in [6.45, 7) is 1.80. The number of benzene rings is 1. The second-order valence-corrected chi connectivity index (χ2v) is 5.67. The first-order chi connectivity index (χ1) is 11.0. The van der Waals surface area contributed by atoms with Crippen molar-refractivity contribution in [3.05, 3.63) is 64.4 Å². The van der Waals surface area contributed by atoms with Crippen LogP contribution in [0.5, 0.6) is 0 Å². The zero-order valence-corrected chi connectivity index (χ0v) is 13.0. The van der Waals surface area contributed by atoms with E-state index < -0.39 is 17.7 Å². The van der Waals surface area contributed by atoms with Crippen LogP contribution in [0.25, 0.3) is 0 Å². The topological polar surface area (TPSA) is 78.8 Å². The number of nitrogens with one attached hydrogen (secondary N) is 1. The van der Waals surface area contributed by atoms with Gasteiger partial charge in [0.15, 0.2) is 0 Å². The molecule has 1 unspecified atom stereocenters. The van der Waals surface area contributed by atoms with Gasteiger partial charge in [-0.05, 0) is 30.7 Å². The average molecular weight is 329 g/mol. The normalized spacial score (nSPS) is 19.5. The van der Waals surface area contributed by atoms with Crippen molar-refractivity contribution in [3.63, 3.8) is 0 Å². The van der Waals surface area contributed by atoms with Crippen molar-refractivity contribution in [2.24, 2.45) is 10.9 Å². The quantitative estimate of drug-likeness (QED) is 0.819. The molecule has 5 nitrogen and oxygen atoms in total. The van der Waals surface area contributed by atoms with Crippen molar-refractivity contribution in [1.29, 1.82) is 0 Å². The lowest BCUT2D eigenvalue weighted by Gasteiger charge is -2.21. The minimum atomic E-state index is -0.758. The van der Waals surface area contributed by atoms with Gasteiger partial charge in [-0.15, -0.1) is 0 Å². The van der Waals surface area contributed by atoms with E-state index in [2.05, 4.69) is 10.3 Å². The molecule has 0 spiro atoms. The lowest BCUT2D eigenvalue weighted by molar-refractivity contribution is -0.119. The number of hydrogen-bond acceptors (Lipinski definition) is 3. The smallest absolute Gasteiger partial charge is 0.286 e. The third-order valence-electron chi connectivity index (χ3n) is 3.67. The average Bonchev–Trinajstić information content (AvgIpc) is 2.51. The Labute approximate surface area is 137 Å². The Morgan fingerprint density at radius 1 is 1.35 bits per heavy atom. The van der Waals surface area contributed by atoms with Crippen LogP contribution in [0.15, 0.2) is 58.8 Å². The first kappa shape index (κ1) is 15.2. The molecule has 2 amide bonds. The van der Waals surface area contributed by atoms with Crippen LogP contribution in [-0.4, -0.2) is 22.6 Å². The van der Waals surface area contributed by atoms with Gasteiger partial charge < -0.3 is 10.4 Å². The third kappa shape index (κ3) is 2.83. The van der Waals surface area contributed by atoms with Crippen LogP contribution in [0, 0.1) is 12.8 Å². The molecule has 1 aromatic rings. The molecule has 3 rings (SSSR count). The number of dihydropyridines is 1. The van der Waals surface area contributed by atoms with Crippen molar-refractivity contribution >= 4 is 34.8 Å². The molecule has 0 bridgehead atoms. The number of aliphatic hydroxyl groups excluding tert-OH is 1. The van der Waals surface area contributed by atoms with E-state index in [0.717, 1.165) is 5.56 Å². The SMILES string of the molecule is Cc1ccc(Cl)cc1NC(=O)C1=C(O)C2C=CC=CC2=NC1=O. The van der Waals surface area contributed by atoms with Crippen LogP contribution in [-0.2, 0) is 9.59 Å². The summed E-state index contributed by atoms with van der Waals surface area (Å²) in [6, 6.07) is 5.03. The van der Waals surface area contributed by atoms with E-state index in [9.17, 15) is 14.7 Å². The predicted molar refractivity (Wildman–Crippen MR) is 88.7 cm³/mol. The van der Waals surface area contributed by atoms with Crippen LogP contribution >= 0.6 is 11.6 Å². The zero-order valence-electron chi connectivity index (χ0n) is 12.2. The summed E-state index contributed by atoms with van der Waals surface area (Å²) in [7, 11) is 0. The second kappa shape index (κ2) is 5.85. The highest BCUT2D eigenvalue weighted by atomic mass is 35.5. The molecular weight excluding hydrogens is 316 g/mol. The van der Waals surface area contributed by atoms with Gasteiger partial charge in [-0.2, -0.15) is 0 Å². The molecule has 1 aliphatic carbocycles. The number of aryl methyl sites for hydroxylation is 1. The molecular formula is C17H13ClN2O3. The molecule has 1 aromatic carbocycles. The number of hydrogen-bond donors (Lipinski definition) is 2. The van der Waals surface area contributed by atoms with Crippen molar-refractivity contribution < 1.29 is 14.7 Å². The van der Waals surface area contributed by atoms with Crippen LogP contribution in [0.1, 0.15) is 5.56 Å². The Bertz CT molecular complexity index is 834. The van der Waals surface area contributed by atoms with E-state index in [4.69, 9.17) is 11.6 Å². The fourth-order valence-electron chi connectivity index (χ4n) is 2.44. The van der Waals surface area contributed by atoms with Crippen LogP contribution in [0.2, 0.25) is 5.02 Å². The summed E-state index contributed by atoms with van der Waals surface area (Å²) in [6.07, 6.45) is 6.76. The highest BCUT2D eigenvalue weighted by molar-refractivity contribution is 6.31. The standard InChI is InChI=1S/C17H13ClN2O3/c1-9-6-7-10(18)8-13(9)20-17(23)14-15(21)11-4-2-3-5-12(11)19-16(14)22/h2-8,11,21H,1H3,(H,20,23). The Hall–Kier alpha value is -2.66. The van der Waals surface area contributed by atoms with Gasteiger partial charge in [-0.3, -0.25) is 9.59 Å². The van der Waals surface area contributed by atoms with Gasteiger partial charge in [-0.25, -0.2) is 4.99 Å². The monoisotopic (exact) mass is 328 g/mol. The number of rotatable bonds is 2. The Balaban J connectivity index is 1.93. The van der Waals surface area contributed by atoms with E-state index in [1.54, 1.807) is 49.4 Å². The molecule has 0 saturated carbocycles. The largest absolute Gasteiger partial charge is 0.510 e. The zero-order chi connectivity index (χ0) is 16.6. The van der Waals surface area contributed by atoms with Gasteiger partial charge in [0.05, 0.1) is 11.6 Å². The lowest BCUT2D eigenvalue weighted by atomic mass is 9.90. The number of nitrogens with zero attached hydrogens (tertiary/aromatic N) is 1. The molecule has 0 saturated heterocycles. The van der Waals surface area contributed by atoms with Gasteiger partial charge in [0, 0.05) is 10.7 Å². The molecule has 0 radical (unpaired) electrons. The molecule has 0 aromatic heterocycles. The van der Waals surface area contributed by atoms with E-state index >= 15 is 0 Å². The maximum Gasteiger partial charge on any atom is 0.286 e. The molecule has 1 atom stereocenters. The Kier molecular flexibility index (Phi) is 3.88. The summed E-state index contributed by atoms with van der Waals surface area (Å²) >= 11 is 5.92. The first-order valence-electron chi connectivity index (χ1n) is 6.96. The van der Waals surface area contributed by atoms with Crippen molar-refractivity contribution in [3.8, 4) is 0 Å². The molecule has 23 heavy (non-hydrogen) atoms. The van der Waals surface area contributed by atoms with E-state index in [0.29, 0.717) is 16.4 Å². The Morgan fingerprint density at radius 3 is 2.91 bits per heavy atom. The first-order valence-corrected chi connectivity index (χ1v) is 7.33. The molecule has 1 aliphatic heterocycles. The number of aliphatic hydroxyl groups is 1. The maximum absolute atomic E-state index is 12.4. The van der Waals surface area contributed by atoms with E-state index in [1.165, 1.54) is 0 Å². The minimum absolute atomic E-state index is 0.294. The second-order valence-electron chi connectivity index (χ2n) is 5.24. The fourth-order valence-corrected chi connectivity index (χ4v) is 2.61. The van der Waals surface area contributed by atoms with E-state index in [1.807, 2.05) is 0 Å². The highest BCUT2D eigenvalue weighted by Crippen LogP contribution is 2.27. The van der Waals surface area contributed by atoms with Gasteiger partial charge in [0.2, 0.25) is 0 Å². The lowest BCUT2D eigenvalue weighted by Crippen LogP contribution is -2.30. The predicted octanol–water partition coefficient (Wildman–Crippen LogP) is 3.12. The Morgan fingerprint density at radius 2 is 2.13 bits per heavy atom. The number of carbonyl (C=O) groups excluding carboxylic acids is 2. The summed E-state index contributed by atoms with van der Waals surface area (Å²) in [5, 5.41) is 13.4. The number of anilines is 1. The van der Waals surface area contributed by atoms with Gasteiger partial charge in [0.1, 0.15) is 11.3 Å². The third-order valence-corrected chi connectivity index (χ3v) is 3.91. The van der Waals surface area contributed by atoms with Crippen molar-refractivity contribution in [1.82, 2.24) is 0 Å². The van der Waals surface area contributed by atoms with Gasteiger partial charge in [0.25, 0.3) is 11.8 Å². The molecule has 6 heteroatoms. The summed E-state index contributed by atoms with van der Waals surface area (Å²) in [5.41, 5.74) is 1.34. The maximum atomic E-state index is 12.4. The molecule has 1 heterocycles. The molecule has 0 fully saturated rings. The number of halogens is 1. The summed E-state index contributed by atoms with van der Waals surface area (Å²) in [5.74, 6) is -2.33. The van der Waals surface area contributed by atoms with Crippen molar-refractivity contribution in [2.75, 3.05) is 5.32 Å². The minimum Gasteiger partial charge on any atom is -0.510 e. The number of carbonyl (C=O) groups is 2. The van der Waals surface area contributed by atoms with Crippen LogP contribution in [0.3, 0.4) is 0 Å².